The minimum Gasteiger partial charge on any atom is -0.479 e. The zero-order valence-electron chi connectivity index (χ0n) is 9.21. The number of hydrogen-bond acceptors (Lipinski definition) is 2. The number of rotatable bonds is 3. The Hall–Kier alpha value is -0.570. The Labute approximate surface area is 90.8 Å². The van der Waals surface area contributed by atoms with Gasteiger partial charge in [-0.1, -0.05) is 19.3 Å². The van der Waals surface area contributed by atoms with Crippen LogP contribution in [0, 0.1) is 0 Å². The molecule has 0 aromatic carbocycles. The molecule has 2 rings (SSSR count). The molecule has 2 aliphatic carbocycles. The molecule has 0 saturated heterocycles. The fourth-order valence-corrected chi connectivity index (χ4v) is 2.83. The van der Waals surface area contributed by atoms with Gasteiger partial charge in [-0.2, -0.15) is 0 Å². The topological polar surface area (TPSA) is 46.5 Å². The van der Waals surface area contributed by atoms with Gasteiger partial charge in [-0.25, -0.2) is 4.79 Å². The van der Waals surface area contributed by atoms with Crippen molar-refractivity contribution in [2.75, 3.05) is 0 Å². The Morgan fingerprint density at radius 2 is 1.67 bits per heavy atom. The molecule has 0 aliphatic heterocycles. The van der Waals surface area contributed by atoms with E-state index in [1.807, 2.05) is 0 Å². The first kappa shape index (κ1) is 10.9. The summed E-state index contributed by atoms with van der Waals surface area (Å²) in [6, 6.07) is 0. The molecule has 1 N–H and O–H groups in total. The normalized spacial score (nSPS) is 26.7. The Bertz CT molecular complexity index is 225. The van der Waals surface area contributed by atoms with Crippen molar-refractivity contribution in [1.29, 1.82) is 0 Å². The van der Waals surface area contributed by atoms with Gasteiger partial charge in [-0.15, -0.1) is 0 Å². The fraction of sp³-hybridized carbons (Fsp3) is 0.917. The van der Waals surface area contributed by atoms with E-state index in [-0.39, 0.29) is 6.10 Å². The van der Waals surface area contributed by atoms with Crippen molar-refractivity contribution in [1.82, 2.24) is 0 Å². The van der Waals surface area contributed by atoms with Gasteiger partial charge >= 0.3 is 5.97 Å². The first-order valence-electron chi connectivity index (χ1n) is 6.14. The smallest absolute Gasteiger partial charge is 0.335 e. The third-order valence-electron chi connectivity index (χ3n) is 3.75. The Morgan fingerprint density at radius 1 is 1.07 bits per heavy atom. The molecule has 3 nitrogen and oxygen atoms in total. The van der Waals surface area contributed by atoms with Crippen molar-refractivity contribution >= 4 is 5.97 Å². The van der Waals surface area contributed by atoms with Gasteiger partial charge in [-0.05, 0) is 38.5 Å². The molecule has 15 heavy (non-hydrogen) atoms. The number of carboxylic acid groups (broad SMARTS) is 1. The summed E-state index contributed by atoms with van der Waals surface area (Å²) in [6.07, 6.45) is 9.38. The Kier molecular flexibility index (Phi) is 3.29. The first-order chi connectivity index (χ1) is 7.23. The average molecular weight is 212 g/mol. The number of carbonyl (C=O) groups is 1. The van der Waals surface area contributed by atoms with E-state index in [0.29, 0.717) is 12.8 Å². The summed E-state index contributed by atoms with van der Waals surface area (Å²) in [4.78, 5) is 11.3. The average Bonchev–Trinajstić information content (AvgIpc) is 2.69. The van der Waals surface area contributed by atoms with E-state index in [9.17, 15) is 9.90 Å². The van der Waals surface area contributed by atoms with Gasteiger partial charge < -0.3 is 9.84 Å². The van der Waals surface area contributed by atoms with E-state index in [2.05, 4.69) is 0 Å². The third-order valence-corrected chi connectivity index (χ3v) is 3.75. The highest BCUT2D eigenvalue weighted by molar-refractivity contribution is 5.77. The van der Waals surface area contributed by atoms with Gasteiger partial charge in [0.2, 0.25) is 0 Å². The number of aliphatic carboxylic acids is 1. The van der Waals surface area contributed by atoms with Gasteiger partial charge in [0.1, 0.15) is 0 Å². The van der Waals surface area contributed by atoms with Gasteiger partial charge in [0, 0.05) is 0 Å². The number of carboxylic acids is 1. The van der Waals surface area contributed by atoms with Gasteiger partial charge in [0.05, 0.1) is 6.10 Å². The molecule has 86 valence electrons. The van der Waals surface area contributed by atoms with Crippen LogP contribution in [0.3, 0.4) is 0 Å². The lowest BCUT2D eigenvalue weighted by atomic mass is 9.95. The van der Waals surface area contributed by atoms with Crippen molar-refractivity contribution in [3.63, 3.8) is 0 Å². The highest BCUT2D eigenvalue weighted by Crippen LogP contribution is 2.37. The number of hydrogen-bond donors (Lipinski definition) is 1. The molecule has 0 atom stereocenters. The number of ether oxygens (including phenoxy) is 1. The van der Waals surface area contributed by atoms with E-state index in [0.717, 1.165) is 25.7 Å². The van der Waals surface area contributed by atoms with Crippen LogP contribution >= 0.6 is 0 Å². The van der Waals surface area contributed by atoms with Crippen LogP contribution in [0.5, 0.6) is 0 Å². The summed E-state index contributed by atoms with van der Waals surface area (Å²) in [6.45, 7) is 0. The lowest BCUT2D eigenvalue weighted by Gasteiger charge is -2.32. The zero-order valence-corrected chi connectivity index (χ0v) is 9.21. The molecule has 0 aromatic heterocycles. The summed E-state index contributed by atoms with van der Waals surface area (Å²) < 4.78 is 5.90. The van der Waals surface area contributed by atoms with Gasteiger partial charge in [0.15, 0.2) is 5.60 Å². The van der Waals surface area contributed by atoms with Crippen LogP contribution in [0.2, 0.25) is 0 Å². The predicted molar refractivity (Wildman–Crippen MR) is 56.8 cm³/mol. The molecular weight excluding hydrogens is 192 g/mol. The lowest BCUT2D eigenvalue weighted by molar-refractivity contribution is -0.175. The van der Waals surface area contributed by atoms with Gasteiger partial charge in [-0.3, -0.25) is 0 Å². The van der Waals surface area contributed by atoms with Crippen LogP contribution in [-0.2, 0) is 9.53 Å². The summed E-state index contributed by atoms with van der Waals surface area (Å²) in [5, 5.41) is 9.27. The van der Waals surface area contributed by atoms with Crippen LogP contribution in [0.25, 0.3) is 0 Å². The van der Waals surface area contributed by atoms with Crippen molar-refractivity contribution in [2.45, 2.75) is 69.5 Å². The molecule has 2 fully saturated rings. The maximum Gasteiger partial charge on any atom is 0.335 e. The van der Waals surface area contributed by atoms with E-state index in [1.54, 1.807) is 0 Å². The second-order valence-electron chi connectivity index (χ2n) is 4.88. The van der Waals surface area contributed by atoms with Crippen LogP contribution in [-0.4, -0.2) is 22.8 Å². The monoisotopic (exact) mass is 212 g/mol. The molecule has 2 aliphatic rings. The highest BCUT2D eigenvalue weighted by atomic mass is 16.5. The van der Waals surface area contributed by atoms with Crippen LogP contribution in [0.4, 0.5) is 0 Å². The second kappa shape index (κ2) is 4.52. The van der Waals surface area contributed by atoms with Crippen LogP contribution < -0.4 is 0 Å². The molecular formula is C12H20O3. The highest BCUT2D eigenvalue weighted by Gasteiger charge is 2.44. The van der Waals surface area contributed by atoms with Crippen LogP contribution in [0.15, 0.2) is 0 Å². The Morgan fingerprint density at radius 3 is 2.20 bits per heavy atom. The standard InChI is InChI=1S/C12H20O3/c13-11(14)12(8-4-5-9-12)15-10-6-2-1-3-7-10/h10H,1-9H2,(H,13,14). The molecule has 0 unspecified atom stereocenters. The summed E-state index contributed by atoms with van der Waals surface area (Å²) in [5.41, 5.74) is -0.831. The van der Waals surface area contributed by atoms with E-state index in [1.165, 1.54) is 19.3 Å². The molecule has 0 aromatic rings. The Balaban J connectivity index is 1.96. The molecule has 0 bridgehead atoms. The summed E-state index contributed by atoms with van der Waals surface area (Å²) in [5.74, 6) is -0.745. The summed E-state index contributed by atoms with van der Waals surface area (Å²) >= 11 is 0. The predicted octanol–water partition coefficient (Wildman–Crippen LogP) is 2.73. The van der Waals surface area contributed by atoms with E-state index >= 15 is 0 Å². The van der Waals surface area contributed by atoms with Crippen molar-refractivity contribution in [3.8, 4) is 0 Å². The third kappa shape index (κ3) is 2.33. The molecule has 0 spiro atoms. The lowest BCUT2D eigenvalue weighted by Crippen LogP contribution is -2.42. The van der Waals surface area contributed by atoms with E-state index in [4.69, 9.17) is 4.74 Å². The SMILES string of the molecule is O=C(O)C1(OC2CCCCC2)CCCC1. The largest absolute Gasteiger partial charge is 0.479 e. The van der Waals surface area contributed by atoms with Gasteiger partial charge in [0.25, 0.3) is 0 Å². The van der Waals surface area contributed by atoms with Crippen molar-refractivity contribution in [3.05, 3.63) is 0 Å². The van der Waals surface area contributed by atoms with E-state index < -0.39 is 11.6 Å². The zero-order chi connectivity index (χ0) is 10.7. The van der Waals surface area contributed by atoms with Crippen molar-refractivity contribution < 1.29 is 14.6 Å². The molecule has 2 saturated carbocycles. The molecule has 0 heterocycles. The summed E-state index contributed by atoms with van der Waals surface area (Å²) in [7, 11) is 0. The minimum absolute atomic E-state index is 0.202. The first-order valence-corrected chi connectivity index (χ1v) is 6.14. The fourth-order valence-electron chi connectivity index (χ4n) is 2.83. The molecule has 0 radical (unpaired) electrons. The van der Waals surface area contributed by atoms with Crippen molar-refractivity contribution in [2.24, 2.45) is 0 Å². The van der Waals surface area contributed by atoms with Crippen LogP contribution in [0.1, 0.15) is 57.8 Å². The molecule has 3 heteroatoms. The maximum absolute atomic E-state index is 11.3. The molecule has 0 amide bonds. The minimum atomic E-state index is -0.831. The quantitative estimate of drug-likeness (QED) is 0.782. The second-order valence-corrected chi connectivity index (χ2v) is 4.88. The maximum atomic E-state index is 11.3.